The first-order chi connectivity index (χ1) is 8.00. The molecule has 0 bridgehead atoms. The van der Waals surface area contributed by atoms with E-state index < -0.39 is 5.97 Å². The predicted molar refractivity (Wildman–Crippen MR) is 68.4 cm³/mol. The molecule has 0 aromatic carbocycles. The number of carboxylic acids is 1. The van der Waals surface area contributed by atoms with Crippen molar-refractivity contribution in [3.05, 3.63) is 0 Å². The SMILES string of the molecule is CC(C)N(CCC(=O)O)C(=O)NC1CCSC1. The second-order valence-electron chi connectivity index (χ2n) is 4.44. The van der Waals surface area contributed by atoms with Crippen molar-refractivity contribution in [3.63, 3.8) is 0 Å². The van der Waals surface area contributed by atoms with E-state index in [0.717, 1.165) is 17.9 Å². The van der Waals surface area contributed by atoms with Crippen LogP contribution in [0.2, 0.25) is 0 Å². The summed E-state index contributed by atoms with van der Waals surface area (Å²) < 4.78 is 0. The van der Waals surface area contributed by atoms with Crippen LogP contribution in [0, 0.1) is 0 Å². The predicted octanol–water partition coefficient (Wildman–Crippen LogP) is 1.39. The third-order valence-corrected chi connectivity index (χ3v) is 3.87. The third-order valence-electron chi connectivity index (χ3n) is 2.71. The Hall–Kier alpha value is -0.910. The number of thioether (sulfide) groups is 1. The number of urea groups is 1. The van der Waals surface area contributed by atoms with Crippen LogP contribution < -0.4 is 5.32 Å². The number of rotatable bonds is 5. The van der Waals surface area contributed by atoms with Crippen molar-refractivity contribution in [1.29, 1.82) is 0 Å². The first-order valence-electron chi connectivity index (χ1n) is 5.87. The van der Waals surface area contributed by atoms with Gasteiger partial charge in [0.25, 0.3) is 0 Å². The molecular weight excluding hydrogens is 240 g/mol. The molecule has 0 aromatic rings. The quantitative estimate of drug-likeness (QED) is 0.783. The lowest BCUT2D eigenvalue weighted by Gasteiger charge is -2.27. The van der Waals surface area contributed by atoms with E-state index in [2.05, 4.69) is 5.32 Å². The maximum absolute atomic E-state index is 12.0. The van der Waals surface area contributed by atoms with Crippen molar-refractivity contribution in [2.24, 2.45) is 0 Å². The Kier molecular flexibility index (Phi) is 5.61. The van der Waals surface area contributed by atoms with E-state index in [4.69, 9.17) is 5.11 Å². The fraction of sp³-hybridized carbons (Fsp3) is 0.818. The lowest BCUT2D eigenvalue weighted by Crippen LogP contribution is -2.48. The molecule has 1 fully saturated rings. The van der Waals surface area contributed by atoms with E-state index in [1.54, 1.807) is 4.90 Å². The first-order valence-corrected chi connectivity index (χ1v) is 7.03. The molecule has 98 valence electrons. The van der Waals surface area contributed by atoms with Crippen LogP contribution in [0.25, 0.3) is 0 Å². The Morgan fingerprint density at radius 1 is 1.53 bits per heavy atom. The molecule has 1 rings (SSSR count). The number of carboxylic acid groups (broad SMARTS) is 1. The first kappa shape index (κ1) is 14.2. The number of amides is 2. The lowest BCUT2D eigenvalue weighted by atomic mass is 10.2. The number of nitrogens with one attached hydrogen (secondary N) is 1. The number of nitrogens with zero attached hydrogens (tertiary/aromatic N) is 1. The molecule has 0 aromatic heterocycles. The summed E-state index contributed by atoms with van der Waals surface area (Å²) in [5.74, 6) is 1.16. The van der Waals surface area contributed by atoms with Gasteiger partial charge in [0.1, 0.15) is 0 Å². The molecule has 0 spiro atoms. The molecule has 2 N–H and O–H groups in total. The van der Waals surface area contributed by atoms with Gasteiger partial charge in [0.15, 0.2) is 0 Å². The van der Waals surface area contributed by atoms with Gasteiger partial charge in [0, 0.05) is 24.4 Å². The Morgan fingerprint density at radius 2 is 2.24 bits per heavy atom. The van der Waals surface area contributed by atoms with Crippen LogP contribution in [0.4, 0.5) is 4.79 Å². The summed E-state index contributed by atoms with van der Waals surface area (Å²) in [6, 6.07) is 0.107. The van der Waals surface area contributed by atoms with Gasteiger partial charge in [0.2, 0.25) is 0 Å². The molecule has 1 saturated heterocycles. The van der Waals surface area contributed by atoms with Gasteiger partial charge in [-0.3, -0.25) is 4.79 Å². The molecule has 0 radical (unpaired) electrons. The van der Waals surface area contributed by atoms with E-state index in [1.165, 1.54) is 0 Å². The maximum Gasteiger partial charge on any atom is 0.317 e. The summed E-state index contributed by atoms with van der Waals surface area (Å²) in [4.78, 5) is 24.1. The average molecular weight is 260 g/mol. The number of carbonyl (C=O) groups excluding carboxylic acids is 1. The number of hydrogen-bond donors (Lipinski definition) is 2. The topological polar surface area (TPSA) is 69.6 Å². The summed E-state index contributed by atoms with van der Waals surface area (Å²) in [7, 11) is 0. The fourth-order valence-electron chi connectivity index (χ4n) is 1.72. The van der Waals surface area contributed by atoms with Crippen molar-refractivity contribution in [1.82, 2.24) is 10.2 Å². The molecule has 1 aliphatic rings. The Morgan fingerprint density at radius 3 is 2.71 bits per heavy atom. The highest BCUT2D eigenvalue weighted by molar-refractivity contribution is 7.99. The molecule has 1 heterocycles. The molecule has 17 heavy (non-hydrogen) atoms. The van der Waals surface area contributed by atoms with Gasteiger partial charge in [-0.1, -0.05) is 0 Å². The van der Waals surface area contributed by atoms with Crippen molar-refractivity contribution in [2.45, 2.75) is 38.8 Å². The van der Waals surface area contributed by atoms with Crippen LogP contribution in [0.1, 0.15) is 26.7 Å². The minimum absolute atomic E-state index is 0.00891. The highest BCUT2D eigenvalue weighted by atomic mass is 32.2. The minimum atomic E-state index is -0.875. The summed E-state index contributed by atoms with van der Waals surface area (Å²) in [6.07, 6.45) is 0.992. The summed E-state index contributed by atoms with van der Waals surface area (Å²) >= 11 is 1.84. The maximum atomic E-state index is 12.0. The summed E-state index contributed by atoms with van der Waals surface area (Å²) in [6.45, 7) is 4.05. The third kappa shape index (κ3) is 4.85. The smallest absolute Gasteiger partial charge is 0.317 e. The normalized spacial score (nSPS) is 19.4. The molecular formula is C11H20N2O3S. The lowest BCUT2D eigenvalue weighted by molar-refractivity contribution is -0.137. The molecule has 1 aliphatic heterocycles. The van der Waals surface area contributed by atoms with Gasteiger partial charge in [-0.25, -0.2) is 4.79 Å². The van der Waals surface area contributed by atoms with Gasteiger partial charge in [-0.05, 0) is 26.0 Å². The van der Waals surface area contributed by atoms with Gasteiger partial charge < -0.3 is 15.3 Å². The molecule has 2 amide bonds. The zero-order valence-electron chi connectivity index (χ0n) is 10.3. The van der Waals surface area contributed by atoms with Gasteiger partial charge >= 0.3 is 12.0 Å². The van der Waals surface area contributed by atoms with Crippen LogP contribution in [0.15, 0.2) is 0 Å². The van der Waals surface area contributed by atoms with Crippen LogP contribution in [-0.2, 0) is 4.79 Å². The van der Waals surface area contributed by atoms with Gasteiger partial charge in [-0.15, -0.1) is 0 Å². The standard InChI is InChI=1S/C11H20N2O3S/c1-8(2)13(5-3-10(14)15)11(16)12-9-4-6-17-7-9/h8-9H,3-7H2,1-2H3,(H,12,16)(H,14,15). The minimum Gasteiger partial charge on any atom is -0.481 e. The van der Waals surface area contributed by atoms with E-state index >= 15 is 0 Å². The number of aliphatic carboxylic acids is 1. The largest absolute Gasteiger partial charge is 0.481 e. The molecule has 1 unspecified atom stereocenters. The van der Waals surface area contributed by atoms with Crippen LogP contribution in [0.3, 0.4) is 0 Å². The molecule has 6 heteroatoms. The van der Waals surface area contributed by atoms with Crippen LogP contribution >= 0.6 is 11.8 Å². The molecule has 0 saturated carbocycles. The molecule has 1 atom stereocenters. The molecule has 5 nitrogen and oxygen atoms in total. The van der Waals surface area contributed by atoms with Crippen molar-refractivity contribution < 1.29 is 14.7 Å². The van der Waals surface area contributed by atoms with E-state index in [-0.39, 0.29) is 31.1 Å². The second kappa shape index (κ2) is 6.74. The van der Waals surface area contributed by atoms with Crippen LogP contribution in [-0.4, -0.2) is 52.1 Å². The van der Waals surface area contributed by atoms with E-state index in [0.29, 0.717) is 0 Å². The van der Waals surface area contributed by atoms with Crippen molar-refractivity contribution in [3.8, 4) is 0 Å². The van der Waals surface area contributed by atoms with E-state index in [1.807, 2.05) is 25.6 Å². The fourth-order valence-corrected chi connectivity index (χ4v) is 2.87. The Balaban J connectivity index is 2.44. The highest BCUT2D eigenvalue weighted by Crippen LogP contribution is 2.17. The zero-order chi connectivity index (χ0) is 12.8. The van der Waals surface area contributed by atoms with Crippen LogP contribution in [0.5, 0.6) is 0 Å². The van der Waals surface area contributed by atoms with Crippen molar-refractivity contribution >= 4 is 23.8 Å². The van der Waals surface area contributed by atoms with Gasteiger partial charge in [-0.2, -0.15) is 11.8 Å². The van der Waals surface area contributed by atoms with Gasteiger partial charge in [0.05, 0.1) is 6.42 Å². The Bertz CT molecular complexity index is 278. The van der Waals surface area contributed by atoms with Crippen molar-refractivity contribution in [2.75, 3.05) is 18.1 Å². The van der Waals surface area contributed by atoms with E-state index in [9.17, 15) is 9.59 Å². The average Bonchev–Trinajstić information content (AvgIpc) is 2.69. The Labute approximate surface area is 106 Å². The number of carbonyl (C=O) groups is 2. The number of hydrogen-bond acceptors (Lipinski definition) is 3. The second-order valence-corrected chi connectivity index (χ2v) is 5.59. The summed E-state index contributed by atoms with van der Waals surface area (Å²) in [5, 5.41) is 11.6. The summed E-state index contributed by atoms with van der Waals surface area (Å²) in [5.41, 5.74) is 0. The monoisotopic (exact) mass is 260 g/mol. The zero-order valence-corrected chi connectivity index (χ0v) is 11.1. The molecule has 0 aliphatic carbocycles. The highest BCUT2D eigenvalue weighted by Gasteiger charge is 2.23.